The van der Waals surface area contributed by atoms with Crippen LogP contribution in [0.25, 0.3) is 0 Å². The van der Waals surface area contributed by atoms with E-state index in [0.29, 0.717) is 0 Å². The van der Waals surface area contributed by atoms with E-state index in [-0.39, 0.29) is 0 Å². The Kier molecular flexibility index (Phi) is 3.30. The van der Waals surface area contributed by atoms with E-state index in [4.69, 9.17) is 0 Å². The first kappa shape index (κ1) is 10.8. The van der Waals surface area contributed by atoms with E-state index in [1.54, 1.807) is 0 Å². The lowest BCUT2D eigenvalue weighted by Crippen LogP contribution is -2.36. The summed E-state index contributed by atoms with van der Waals surface area (Å²) in [6.07, 6.45) is 13.0. The average molecular weight is 220 g/mol. The second-order valence-electron chi connectivity index (χ2n) is 5.77. The Balaban J connectivity index is 1.37. The summed E-state index contributed by atoms with van der Waals surface area (Å²) in [5.74, 6) is 0.903. The first-order valence-corrected chi connectivity index (χ1v) is 7.04. The molecule has 1 heterocycles. The highest BCUT2D eigenvalue weighted by molar-refractivity contribution is 4.94. The number of allylic oxidation sites excluding steroid dienone is 2. The largest absolute Gasteiger partial charge is 0.312 e. The molecule has 0 bridgehead atoms. The molecule has 0 amide bonds. The van der Waals surface area contributed by atoms with Crippen molar-refractivity contribution in [3.63, 3.8) is 0 Å². The number of hydrogen-bond acceptors (Lipinski definition) is 2. The molecule has 1 aliphatic heterocycles. The monoisotopic (exact) mass is 220 g/mol. The second-order valence-corrected chi connectivity index (χ2v) is 5.77. The van der Waals surface area contributed by atoms with Gasteiger partial charge in [-0.1, -0.05) is 12.2 Å². The Hall–Kier alpha value is -0.340. The highest BCUT2D eigenvalue weighted by Gasteiger charge is 2.34. The van der Waals surface area contributed by atoms with Gasteiger partial charge in [0.1, 0.15) is 0 Å². The Morgan fingerprint density at radius 3 is 2.81 bits per heavy atom. The minimum absolute atomic E-state index is 0.784. The number of likely N-dealkylation sites (tertiary alicyclic amines) is 1. The van der Waals surface area contributed by atoms with Crippen LogP contribution in [-0.2, 0) is 0 Å². The van der Waals surface area contributed by atoms with E-state index in [1.165, 1.54) is 58.2 Å². The molecule has 16 heavy (non-hydrogen) atoms. The van der Waals surface area contributed by atoms with Crippen molar-refractivity contribution in [3.8, 4) is 0 Å². The predicted octanol–water partition coefficient (Wildman–Crippen LogP) is 2.17. The molecule has 2 fully saturated rings. The van der Waals surface area contributed by atoms with Crippen molar-refractivity contribution in [1.29, 1.82) is 0 Å². The van der Waals surface area contributed by atoms with E-state index < -0.39 is 0 Å². The molecular formula is C14H24N2. The Morgan fingerprint density at radius 1 is 1.12 bits per heavy atom. The van der Waals surface area contributed by atoms with Crippen LogP contribution in [-0.4, -0.2) is 36.6 Å². The molecule has 90 valence electrons. The standard InChI is InChI=1S/C14H24N2/c1-2-4-12(5-3-1)10-15-13-8-9-16(11-13)14-6-7-14/h1-2,12-15H,3-11H2. The van der Waals surface area contributed by atoms with Gasteiger partial charge in [-0.05, 0) is 51.0 Å². The molecule has 0 aromatic rings. The number of nitrogens with one attached hydrogen (secondary N) is 1. The fourth-order valence-electron chi connectivity index (χ4n) is 3.10. The summed E-state index contributed by atoms with van der Waals surface area (Å²) in [4.78, 5) is 2.69. The molecule has 0 spiro atoms. The summed E-state index contributed by atoms with van der Waals surface area (Å²) >= 11 is 0. The fourth-order valence-corrected chi connectivity index (χ4v) is 3.10. The minimum atomic E-state index is 0.784. The molecule has 3 rings (SSSR count). The van der Waals surface area contributed by atoms with Gasteiger partial charge in [0.25, 0.3) is 0 Å². The highest BCUT2D eigenvalue weighted by atomic mass is 15.2. The summed E-state index contributed by atoms with van der Waals surface area (Å²) in [5, 5.41) is 3.79. The molecule has 1 N–H and O–H groups in total. The topological polar surface area (TPSA) is 15.3 Å². The predicted molar refractivity (Wildman–Crippen MR) is 67.5 cm³/mol. The van der Waals surface area contributed by atoms with E-state index in [9.17, 15) is 0 Å². The maximum atomic E-state index is 3.79. The lowest BCUT2D eigenvalue weighted by atomic mass is 9.94. The van der Waals surface area contributed by atoms with E-state index in [0.717, 1.165) is 18.0 Å². The zero-order valence-corrected chi connectivity index (χ0v) is 10.2. The Morgan fingerprint density at radius 2 is 2.06 bits per heavy atom. The van der Waals surface area contributed by atoms with E-state index in [2.05, 4.69) is 22.4 Å². The lowest BCUT2D eigenvalue weighted by Gasteiger charge is -2.21. The number of hydrogen-bond donors (Lipinski definition) is 1. The van der Waals surface area contributed by atoms with Crippen LogP contribution >= 0.6 is 0 Å². The van der Waals surface area contributed by atoms with Crippen molar-refractivity contribution in [1.82, 2.24) is 10.2 Å². The van der Waals surface area contributed by atoms with Crippen LogP contribution in [0, 0.1) is 5.92 Å². The van der Waals surface area contributed by atoms with Crippen molar-refractivity contribution < 1.29 is 0 Å². The van der Waals surface area contributed by atoms with E-state index in [1.807, 2.05) is 0 Å². The van der Waals surface area contributed by atoms with Gasteiger partial charge >= 0.3 is 0 Å². The van der Waals surface area contributed by atoms with Crippen molar-refractivity contribution in [2.24, 2.45) is 5.92 Å². The third kappa shape index (κ3) is 2.67. The zero-order valence-electron chi connectivity index (χ0n) is 10.2. The normalized spacial score (nSPS) is 35.8. The molecule has 3 aliphatic rings. The minimum Gasteiger partial charge on any atom is -0.312 e. The van der Waals surface area contributed by atoms with E-state index >= 15 is 0 Å². The van der Waals surface area contributed by atoms with Gasteiger partial charge in [0, 0.05) is 25.2 Å². The molecule has 1 saturated heterocycles. The van der Waals surface area contributed by atoms with Gasteiger partial charge in [-0.15, -0.1) is 0 Å². The van der Waals surface area contributed by atoms with Crippen LogP contribution in [0.5, 0.6) is 0 Å². The molecule has 0 aromatic heterocycles. The molecule has 0 aromatic carbocycles. The molecular weight excluding hydrogens is 196 g/mol. The molecule has 2 aliphatic carbocycles. The maximum absolute atomic E-state index is 3.79. The highest BCUT2D eigenvalue weighted by Crippen LogP contribution is 2.29. The first-order chi connectivity index (χ1) is 7.92. The van der Waals surface area contributed by atoms with Crippen LogP contribution in [0.15, 0.2) is 12.2 Å². The first-order valence-electron chi connectivity index (χ1n) is 7.04. The van der Waals surface area contributed by atoms with Gasteiger partial charge in [-0.25, -0.2) is 0 Å². The lowest BCUT2D eigenvalue weighted by molar-refractivity contribution is 0.313. The molecule has 2 atom stereocenters. The van der Waals surface area contributed by atoms with Gasteiger partial charge in [-0.3, -0.25) is 4.90 Å². The molecule has 2 unspecified atom stereocenters. The quantitative estimate of drug-likeness (QED) is 0.731. The molecule has 2 nitrogen and oxygen atoms in total. The number of nitrogens with zero attached hydrogens (tertiary/aromatic N) is 1. The van der Waals surface area contributed by atoms with Gasteiger partial charge in [-0.2, -0.15) is 0 Å². The van der Waals surface area contributed by atoms with Crippen molar-refractivity contribution in [2.75, 3.05) is 19.6 Å². The Bertz CT molecular complexity index is 257. The van der Waals surface area contributed by atoms with Crippen LogP contribution in [0.2, 0.25) is 0 Å². The van der Waals surface area contributed by atoms with Crippen LogP contribution < -0.4 is 5.32 Å². The summed E-state index contributed by atoms with van der Waals surface area (Å²) in [6, 6.07) is 1.75. The molecule has 2 heteroatoms. The fraction of sp³-hybridized carbons (Fsp3) is 0.857. The number of rotatable bonds is 4. The summed E-state index contributed by atoms with van der Waals surface area (Å²) in [7, 11) is 0. The molecule has 1 saturated carbocycles. The van der Waals surface area contributed by atoms with Crippen LogP contribution in [0.3, 0.4) is 0 Å². The Labute approximate surface area is 99.1 Å². The van der Waals surface area contributed by atoms with Crippen LogP contribution in [0.1, 0.15) is 38.5 Å². The third-order valence-corrected chi connectivity index (χ3v) is 4.36. The van der Waals surface area contributed by atoms with Crippen molar-refractivity contribution in [3.05, 3.63) is 12.2 Å². The van der Waals surface area contributed by atoms with Crippen molar-refractivity contribution in [2.45, 2.75) is 50.6 Å². The smallest absolute Gasteiger partial charge is 0.0207 e. The second kappa shape index (κ2) is 4.89. The zero-order chi connectivity index (χ0) is 10.8. The summed E-state index contributed by atoms with van der Waals surface area (Å²) < 4.78 is 0. The maximum Gasteiger partial charge on any atom is 0.0207 e. The third-order valence-electron chi connectivity index (χ3n) is 4.36. The van der Waals surface area contributed by atoms with Gasteiger partial charge in [0.15, 0.2) is 0 Å². The summed E-state index contributed by atoms with van der Waals surface area (Å²) in [6.45, 7) is 3.90. The summed E-state index contributed by atoms with van der Waals surface area (Å²) in [5.41, 5.74) is 0. The van der Waals surface area contributed by atoms with Crippen LogP contribution in [0.4, 0.5) is 0 Å². The van der Waals surface area contributed by atoms with Gasteiger partial charge in [0.05, 0.1) is 0 Å². The SMILES string of the molecule is C1=CCC(CNC2CCN(C3CC3)C2)CC1. The van der Waals surface area contributed by atoms with Crippen molar-refractivity contribution >= 4 is 0 Å². The van der Waals surface area contributed by atoms with Gasteiger partial charge in [0.2, 0.25) is 0 Å². The average Bonchev–Trinajstić information content (AvgIpc) is 3.08. The molecule has 0 radical (unpaired) electrons. The van der Waals surface area contributed by atoms with Gasteiger partial charge < -0.3 is 5.32 Å².